The summed E-state index contributed by atoms with van der Waals surface area (Å²) in [5.41, 5.74) is 0.866. The molecule has 0 bridgehead atoms. The van der Waals surface area contributed by atoms with Crippen LogP contribution in [-0.4, -0.2) is 30.8 Å². The van der Waals surface area contributed by atoms with E-state index in [4.69, 9.17) is 9.47 Å². The maximum atomic E-state index is 11.6. The number of methoxy groups -OCH3 is 1. The summed E-state index contributed by atoms with van der Waals surface area (Å²) in [6.45, 7) is 0.174. The molecule has 0 spiro atoms. The van der Waals surface area contributed by atoms with Crippen molar-refractivity contribution in [3.63, 3.8) is 0 Å². The molecule has 1 heterocycles. The first-order valence-electron chi connectivity index (χ1n) is 7.70. The van der Waals surface area contributed by atoms with E-state index in [1.807, 2.05) is 12.1 Å². The summed E-state index contributed by atoms with van der Waals surface area (Å²) in [4.78, 5) is 23.0. The van der Waals surface area contributed by atoms with Gasteiger partial charge >= 0.3 is 5.97 Å². The van der Waals surface area contributed by atoms with Crippen LogP contribution in [0.4, 0.5) is 0 Å². The van der Waals surface area contributed by atoms with E-state index in [9.17, 15) is 14.9 Å². The topological polar surface area (TPSA) is 87.9 Å². The van der Waals surface area contributed by atoms with Gasteiger partial charge in [-0.3, -0.25) is 14.9 Å². The molecule has 7 nitrogen and oxygen atoms in total. The number of carbonyl (C=O) groups excluding carboxylic acids is 1. The Morgan fingerprint density at radius 2 is 2.13 bits per heavy atom. The van der Waals surface area contributed by atoms with Crippen LogP contribution in [0.5, 0.6) is 11.5 Å². The van der Waals surface area contributed by atoms with E-state index in [2.05, 4.69) is 4.74 Å². The number of esters is 1. The van der Waals surface area contributed by atoms with E-state index in [0.29, 0.717) is 17.9 Å². The fourth-order valence-electron chi connectivity index (χ4n) is 3.62. The van der Waals surface area contributed by atoms with Gasteiger partial charge in [0.15, 0.2) is 11.5 Å². The third kappa shape index (κ3) is 3.09. The molecule has 0 saturated heterocycles. The van der Waals surface area contributed by atoms with Gasteiger partial charge in [0, 0.05) is 10.8 Å². The number of carbonyl (C=O) groups is 1. The van der Waals surface area contributed by atoms with Crippen molar-refractivity contribution in [3.05, 3.63) is 33.9 Å². The molecule has 0 radical (unpaired) electrons. The van der Waals surface area contributed by atoms with Crippen molar-refractivity contribution in [2.24, 2.45) is 5.92 Å². The Balaban J connectivity index is 1.87. The van der Waals surface area contributed by atoms with Gasteiger partial charge in [-0.1, -0.05) is 12.5 Å². The van der Waals surface area contributed by atoms with Crippen molar-refractivity contribution in [1.82, 2.24) is 0 Å². The molecular formula is C16H19NO6. The molecule has 124 valence electrons. The zero-order chi connectivity index (χ0) is 16.4. The van der Waals surface area contributed by atoms with Crippen molar-refractivity contribution in [2.45, 2.75) is 37.6 Å². The molecule has 1 saturated carbocycles. The minimum absolute atomic E-state index is 0.0865. The Morgan fingerprint density at radius 1 is 1.35 bits per heavy atom. The number of hydrogen-bond acceptors (Lipinski definition) is 6. The first kappa shape index (κ1) is 15.6. The van der Waals surface area contributed by atoms with Crippen LogP contribution >= 0.6 is 0 Å². The molecule has 3 rings (SSSR count). The summed E-state index contributed by atoms with van der Waals surface area (Å²) in [7, 11) is 1.31. The van der Waals surface area contributed by atoms with Crippen molar-refractivity contribution in [2.75, 3.05) is 13.9 Å². The first-order chi connectivity index (χ1) is 11.1. The minimum atomic E-state index is -0.789. The zero-order valence-corrected chi connectivity index (χ0v) is 12.9. The molecular weight excluding hydrogens is 302 g/mol. The van der Waals surface area contributed by atoms with E-state index < -0.39 is 12.0 Å². The number of nitro groups is 1. The van der Waals surface area contributed by atoms with Crippen LogP contribution in [0.15, 0.2) is 18.2 Å². The smallest absolute Gasteiger partial charge is 0.306 e. The second-order valence-corrected chi connectivity index (χ2v) is 5.97. The van der Waals surface area contributed by atoms with Crippen LogP contribution in [0.2, 0.25) is 0 Å². The lowest BCUT2D eigenvalue weighted by Crippen LogP contribution is -2.39. The van der Waals surface area contributed by atoms with Crippen LogP contribution in [-0.2, 0) is 9.53 Å². The Hall–Kier alpha value is -2.31. The molecule has 1 fully saturated rings. The van der Waals surface area contributed by atoms with Crippen LogP contribution in [0.25, 0.3) is 0 Å². The van der Waals surface area contributed by atoms with Gasteiger partial charge in [0.05, 0.1) is 19.4 Å². The molecule has 1 aromatic carbocycles. The Bertz CT molecular complexity index is 617. The molecule has 1 aromatic rings. The van der Waals surface area contributed by atoms with Gasteiger partial charge in [-0.25, -0.2) is 0 Å². The number of benzene rings is 1. The average Bonchev–Trinajstić information content (AvgIpc) is 3.01. The first-order valence-corrected chi connectivity index (χ1v) is 7.70. The second kappa shape index (κ2) is 6.44. The second-order valence-electron chi connectivity index (χ2n) is 5.97. The number of hydrogen-bond donors (Lipinski definition) is 0. The normalized spacial score (nSPS) is 25.9. The van der Waals surface area contributed by atoms with Gasteiger partial charge in [-0.05, 0) is 30.5 Å². The Labute approximate surface area is 133 Å². The fraction of sp³-hybridized carbons (Fsp3) is 0.562. The van der Waals surface area contributed by atoms with Crippen LogP contribution in [0.3, 0.4) is 0 Å². The van der Waals surface area contributed by atoms with Crippen molar-refractivity contribution >= 4 is 5.97 Å². The van der Waals surface area contributed by atoms with Crippen LogP contribution in [0.1, 0.15) is 37.2 Å². The number of rotatable bonds is 4. The molecule has 3 atom stereocenters. The third-order valence-corrected chi connectivity index (χ3v) is 4.71. The van der Waals surface area contributed by atoms with Crippen molar-refractivity contribution in [1.29, 1.82) is 0 Å². The van der Waals surface area contributed by atoms with Crippen LogP contribution < -0.4 is 9.47 Å². The van der Waals surface area contributed by atoms with E-state index in [1.165, 1.54) is 7.11 Å². The van der Waals surface area contributed by atoms with Crippen molar-refractivity contribution < 1.29 is 23.9 Å². The van der Waals surface area contributed by atoms with Gasteiger partial charge in [0.2, 0.25) is 12.8 Å². The highest BCUT2D eigenvalue weighted by Crippen LogP contribution is 2.42. The highest BCUT2D eigenvalue weighted by atomic mass is 16.7. The summed E-state index contributed by atoms with van der Waals surface area (Å²) < 4.78 is 15.3. The van der Waals surface area contributed by atoms with E-state index in [0.717, 1.165) is 18.4 Å². The van der Waals surface area contributed by atoms with Gasteiger partial charge < -0.3 is 14.2 Å². The average molecular weight is 321 g/mol. The number of fused-ring (bicyclic) bond motifs is 1. The highest BCUT2D eigenvalue weighted by Gasteiger charge is 2.44. The van der Waals surface area contributed by atoms with E-state index in [-0.39, 0.29) is 30.0 Å². The van der Waals surface area contributed by atoms with E-state index >= 15 is 0 Å². The maximum Gasteiger partial charge on any atom is 0.306 e. The Kier molecular flexibility index (Phi) is 4.36. The van der Waals surface area contributed by atoms with E-state index in [1.54, 1.807) is 6.07 Å². The van der Waals surface area contributed by atoms with Crippen molar-refractivity contribution in [3.8, 4) is 11.5 Å². The molecule has 23 heavy (non-hydrogen) atoms. The third-order valence-electron chi connectivity index (χ3n) is 4.71. The monoisotopic (exact) mass is 321 g/mol. The molecule has 0 aromatic heterocycles. The molecule has 7 heteroatoms. The summed E-state index contributed by atoms with van der Waals surface area (Å²) in [6, 6.07) is 4.68. The quantitative estimate of drug-likeness (QED) is 0.481. The molecule has 0 amide bonds. The molecule has 0 unspecified atom stereocenters. The van der Waals surface area contributed by atoms with Gasteiger partial charge in [0.1, 0.15) is 0 Å². The largest absolute Gasteiger partial charge is 0.469 e. The number of ether oxygens (including phenoxy) is 3. The lowest BCUT2D eigenvalue weighted by Gasteiger charge is -2.32. The highest BCUT2D eigenvalue weighted by molar-refractivity contribution is 5.69. The standard InChI is InChI=1S/C16H19NO6/c1-21-15(18)8-11-3-2-4-12(16(11)17(19)20)10-5-6-13-14(7-10)23-9-22-13/h5-7,11-12,16H,2-4,8-9H2,1H3/t11-,12+,16+/m1/s1. The molecule has 1 aliphatic carbocycles. The predicted octanol–water partition coefficient (Wildman–Crippen LogP) is 2.51. The van der Waals surface area contributed by atoms with Crippen LogP contribution in [0, 0.1) is 16.0 Å². The number of nitrogens with zero attached hydrogens (tertiary/aromatic N) is 1. The SMILES string of the molecule is COC(=O)C[C@H]1CCC[C@@H](c2ccc3c(c2)OCO3)[C@H]1[N+](=O)[O-]. The fourth-order valence-corrected chi connectivity index (χ4v) is 3.62. The molecule has 1 aliphatic heterocycles. The lowest BCUT2D eigenvalue weighted by molar-refractivity contribution is -0.539. The minimum Gasteiger partial charge on any atom is -0.469 e. The zero-order valence-electron chi connectivity index (χ0n) is 12.9. The maximum absolute atomic E-state index is 11.6. The summed E-state index contributed by atoms with van der Waals surface area (Å²) in [5, 5.41) is 11.6. The summed E-state index contributed by atoms with van der Waals surface area (Å²) in [6.07, 6.45) is 2.33. The lowest BCUT2D eigenvalue weighted by atomic mass is 9.73. The molecule has 2 aliphatic rings. The van der Waals surface area contributed by atoms with Gasteiger partial charge in [-0.15, -0.1) is 0 Å². The van der Waals surface area contributed by atoms with Gasteiger partial charge in [0.25, 0.3) is 0 Å². The summed E-state index contributed by atoms with van der Waals surface area (Å²) in [5.74, 6) is 0.353. The predicted molar refractivity (Wildman–Crippen MR) is 80.1 cm³/mol. The van der Waals surface area contributed by atoms with Gasteiger partial charge in [-0.2, -0.15) is 0 Å². The summed E-state index contributed by atoms with van der Waals surface area (Å²) >= 11 is 0. The Morgan fingerprint density at radius 3 is 2.87 bits per heavy atom. The molecule has 0 N–H and O–H groups in total.